The lowest BCUT2D eigenvalue weighted by Crippen LogP contribution is -2.49. The molecule has 1 N–H and O–H groups in total. The van der Waals surface area contributed by atoms with Gasteiger partial charge in [0.15, 0.2) is 0 Å². The smallest absolute Gasteiger partial charge is 0.261 e. The molecule has 5 nitrogen and oxygen atoms in total. The first-order valence-electron chi connectivity index (χ1n) is 8.98. The highest BCUT2D eigenvalue weighted by atomic mass is 32.2. The van der Waals surface area contributed by atoms with Crippen molar-refractivity contribution < 1.29 is 13.2 Å². The van der Waals surface area contributed by atoms with Crippen molar-refractivity contribution in [2.45, 2.75) is 44.2 Å². The van der Waals surface area contributed by atoms with E-state index in [2.05, 4.69) is 23.5 Å². The third-order valence-corrected chi connectivity index (χ3v) is 6.12. The summed E-state index contributed by atoms with van der Waals surface area (Å²) in [7, 11) is -3.58. The number of ether oxygens (including phenoxy) is 1. The van der Waals surface area contributed by atoms with Crippen LogP contribution in [0.1, 0.15) is 26.3 Å². The van der Waals surface area contributed by atoms with Gasteiger partial charge in [-0.25, -0.2) is 8.42 Å². The molecule has 0 bridgehead atoms. The standard InChI is InChI=1S/C20H26N2O3S/c1-4-17-5-11-20(12-6-17)26(23,24)21-18-7-9-19(10-8-18)22-15(2)13-25-14-16(22)3/h5-12,15-16,21H,4,13-14H2,1-3H3. The third kappa shape index (κ3) is 4.02. The van der Waals surface area contributed by atoms with Gasteiger partial charge in [0, 0.05) is 23.5 Å². The molecule has 1 fully saturated rings. The summed E-state index contributed by atoms with van der Waals surface area (Å²) in [6, 6.07) is 15.1. The van der Waals surface area contributed by atoms with Crippen LogP contribution in [0.4, 0.5) is 11.4 Å². The van der Waals surface area contributed by atoms with Gasteiger partial charge in [0.25, 0.3) is 10.0 Å². The van der Waals surface area contributed by atoms with E-state index in [1.165, 1.54) is 0 Å². The Bertz CT molecular complexity index is 822. The van der Waals surface area contributed by atoms with E-state index in [4.69, 9.17) is 4.74 Å². The summed E-state index contributed by atoms with van der Waals surface area (Å²) in [5, 5.41) is 0. The molecular formula is C20H26N2O3S. The molecule has 6 heteroatoms. The van der Waals surface area contributed by atoms with Crippen LogP contribution in [0, 0.1) is 0 Å². The van der Waals surface area contributed by atoms with Crippen molar-refractivity contribution in [3.05, 3.63) is 54.1 Å². The molecule has 0 radical (unpaired) electrons. The number of sulfonamides is 1. The van der Waals surface area contributed by atoms with Crippen molar-refractivity contribution in [3.63, 3.8) is 0 Å². The summed E-state index contributed by atoms with van der Waals surface area (Å²) < 4.78 is 33.3. The van der Waals surface area contributed by atoms with E-state index >= 15 is 0 Å². The van der Waals surface area contributed by atoms with Crippen molar-refractivity contribution in [2.75, 3.05) is 22.8 Å². The zero-order chi connectivity index (χ0) is 18.7. The van der Waals surface area contributed by atoms with Crippen molar-refractivity contribution in [2.24, 2.45) is 0 Å². The molecule has 0 aromatic heterocycles. The summed E-state index contributed by atoms with van der Waals surface area (Å²) in [5.41, 5.74) is 2.74. The predicted molar refractivity (Wildman–Crippen MR) is 105 cm³/mol. The number of rotatable bonds is 5. The van der Waals surface area contributed by atoms with Gasteiger partial charge in [-0.1, -0.05) is 19.1 Å². The molecule has 0 spiro atoms. The van der Waals surface area contributed by atoms with Crippen molar-refractivity contribution in [1.82, 2.24) is 0 Å². The van der Waals surface area contributed by atoms with Gasteiger partial charge >= 0.3 is 0 Å². The van der Waals surface area contributed by atoms with Gasteiger partial charge in [0.2, 0.25) is 0 Å². The summed E-state index contributed by atoms with van der Waals surface area (Å²) in [6.07, 6.45) is 0.883. The summed E-state index contributed by atoms with van der Waals surface area (Å²) in [4.78, 5) is 2.58. The van der Waals surface area contributed by atoms with Crippen LogP contribution in [0.15, 0.2) is 53.4 Å². The number of hydrogen-bond donors (Lipinski definition) is 1. The Morgan fingerprint density at radius 1 is 1.00 bits per heavy atom. The molecule has 2 aromatic carbocycles. The Morgan fingerprint density at radius 2 is 1.58 bits per heavy atom. The summed E-state index contributed by atoms with van der Waals surface area (Å²) >= 11 is 0. The van der Waals surface area contributed by atoms with Gasteiger partial charge in [0.1, 0.15) is 0 Å². The number of benzene rings is 2. The molecule has 2 aromatic rings. The third-order valence-electron chi connectivity index (χ3n) is 4.73. The van der Waals surface area contributed by atoms with Gasteiger partial charge < -0.3 is 9.64 Å². The van der Waals surface area contributed by atoms with Gasteiger partial charge in [0.05, 0.1) is 18.1 Å². The molecule has 1 aliphatic rings. The first kappa shape index (κ1) is 18.7. The van der Waals surface area contributed by atoms with E-state index in [9.17, 15) is 8.42 Å². The molecule has 0 amide bonds. The number of morpholine rings is 1. The fraction of sp³-hybridized carbons (Fsp3) is 0.400. The number of nitrogens with one attached hydrogen (secondary N) is 1. The Hall–Kier alpha value is -2.05. The van der Waals surface area contributed by atoms with Gasteiger partial charge in [-0.05, 0) is 62.2 Å². The highest BCUT2D eigenvalue weighted by Crippen LogP contribution is 2.26. The first-order valence-corrected chi connectivity index (χ1v) is 10.5. The highest BCUT2D eigenvalue weighted by Gasteiger charge is 2.25. The van der Waals surface area contributed by atoms with Crippen molar-refractivity contribution in [1.29, 1.82) is 0 Å². The van der Waals surface area contributed by atoms with Crippen LogP contribution in [-0.4, -0.2) is 33.7 Å². The second kappa shape index (κ2) is 7.68. The average Bonchev–Trinajstić information content (AvgIpc) is 2.63. The van der Waals surface area contributed by atoms with Crippen molar-refractivity contribution in [3.8, 4) is 0 Å². The number of hydrogen-bond acceptors (Lipinski definition) is 4. The fourth-order valence-corrected chi connectivity index (χ4v) is 4.39. The molecule has 1 aliphatic heterocycles. The average molecular weight is 375 g/mol. The molecule has 3 rings (SSSR count). The maximum absolute atomic E-state index is 12.6. The van der Waals surface area contributed by atoms with Crippen LogP contribution in [0.2, 0.25) is 0 Å². The van der Waals surface area contributed by atoms with Crippen LogP contribution in [0.5, 0.6) is 0 Å². The lowest BCUT2D eigenvalue weighted by molar-refractivity contribution is 0.0757. The molecule has 26 heavy (non-hydrogen) atoms. The van der Waals surface area contributed by atoms with E-state index in [0.717, 1.165) is 17.7 Å². The lowest BCUT2D eigenvalue weighted by Gasteiger charge is -2.40. The number of nitrogens with zero attached hydrogens (tertiary/aromatic N) is 1. The lowest BCUT2D eigenvalue weighted by atomic mass is 10.1. The minimum Gasteiger partial charge on any atom is -0.377 e. The predicted octanol–water partition coefficient (Wildman–Crippen LogP) is 3.66. The van der Waals surface area contributed by atoms with Crippen LogP contribution in [0.3, 0.4) is 0 Å². The minimum atomic E-state index is -3.58. The summed E-state index contributed by atoms with van der Waals surface area (Å²) in [5.74, 6) is 0. The van der Waals surface area contributed by atoms with E-state index in [1.807, 2.05) is 43.3 Å². The van der Waals surface area contributed by atoms with Gasteiger partial charge in [-0.3, -0.25) is 4.72 Å². The van der Waals surface area contributed by atoms with Crippen LogP contribution in [-0.2, 0) is 21.2 Å². The van der Waals surface area contributed by atoms with E-state index in [1.54, 1.807) is 12.1 Å². The molecular weight excluding hydrogens is 348 g/mol. The van der Waals surface area contributed by atoms with E-state index < -0.39 is 10.0 Å². The highest BCUT2D eigenvalue weighted by molar-refractivity contribution is 7.92. The topological polar surface area (TPSA) is 58.6 Å². The van der Waals surface area contributed by atoms with E-state index in [0.29, 0.717) is 31.0 Å². The van der Waals surface area contributed by atoms with Crippen LogP contribution in [0.25, 0.3) is 0 Å². The molecule has 1 heterocycles. The minimum absolute atomic E-state index is 0.272. The Morgan fingerprint density at radius 3 is 2.12 bits per heavy atom. The van der Waals surface area contributed by atoms with Crippen molar-refractivity contribution >= 4 is 21.4 Å². The largest absolute Gasteiger partial charge is 0.377 e. The van der Waals surface area contributed by atoms with Crippen LogP contribution >= 0.6 is 0 Å². The zero-order valence-corrected chi connectivity index (χ0v) is 16.3. The van der Waals surface area contributed by atoms with Gasteiger partial charge in [-0.15, -0.1) is 0 Å². The first-order chi connectivity index (χ1) is 12.4. The number of anilines is 2. The quantitative estimate of drug-likeness (QED) is 0.868. The SMILES string of the molecule is CCc1ccc(S(=O)(=O)Nc2ccc(N3C(C)COCC3C)cc2)cc1. The Kier molecular flexibility index (Phi) is 5.53. The normalized spacial score (nSPS) is 20.8. The van der Waals surface area contributed by atoms with E-state index in [-0.39, 0.29) is 4.90 Å². The number of aryl methyl sites for hydroxylation is 1. The molecule has 2 atom stereocenters. The molecule has 0 aliphatic carbocycles. The monoisotopic (exact) mass is 374 g/mol. The molecule has 2 unspecified atom stereocenters. The summed E-state index contributed by atoms with van der Waals surface area (Å²) in [6.45, 7) is 7.71. The second-order valence-electron chi connectivity index (χ2n) is 6.79. The maximum atomic E-state index is 12.6. The maximum Gasteiger partial charge on any atom is 0.261 e. The fourth-order valence-electron chi connectivity index (χ4n) is 3.33. The van der Waals surface area contributed by atoms with Gasteiger partial charge in [-0.2, -0.15) is 0 Å². The second-order valence-corrected chi connectivity index (χ2v) is 8.48. The Labute approximate surface area is 156 Å². The molecule has 140 valence electrons. The zero-order valence-electron chi connectivity index (χ0n) is 15.5. The molecule has 0 saturated carbocycles. The molecule has 1 saturated heterocycles. The Balaban J connectivity index is 1.76. The van der Waals surface area contributed by atoms with Crippen LogP contribution < -0.4 is 9.62 Å².